The number of nitrogens with one attached hydrogen (secondary N) is 1. The van der Waals surface area contributed by atoms with E-state index in [0.717, 1.165) is 29.6 Å². The second kappa shape index (κ2) is 4.82. The fourth-order valence-corrected chi connectivity index (χ4v) is 5.86. The van der Waals surface area contributed by atoms with Crippen LogP contribution in [0.4, 0.5) is 0 Å². The lowest BCUT2D eigenvalue weighted by Gasteiger charge is -2.55. The second-order valence-corrected chi connectivity index (χ2v) is 8.60. The highest BCUT2D eigenvalue weighted by molar-refractivity contribution is 14.1. The average Bonchev–Trinajstić information content (AvgIpc) is 3.25. The SMILES string of the molecule is CC12OC(=O)C1(C(O)C1CCCC3CC31)NC(=O)C2CCI. The smallest absolute Gasteiger partial charge is 0.339 e. The highest BCUT2D eigenvalue weighted by Crippen LogP contribution is 2.59. The van der Waals surface area contributed by atoms with Crippen molar-refractivity contribution in [2.75, 3.05) is 4.43 Å². The maximum Gasteiger partial charge on any atom is 0.339 e. The number of carbonyl (C=O) groups excluding carboxylic acids is 2. The molecule has 4 aliphatic rings. The number of amides is 1. The molecule has 2 N–H and O–H groups in total. The number of fused-ring (bicyclic) bond motifs is 2. The molecule has 22 heavy (non-hydrogen) atoms. The third-order valence-electron chi connectivity index (χ3n) is 6.60. The Balaban J connectivity index is 1.66. The van der Waals surface area contributed by atoms with Crippen molar-refractivity contribution in [2.24, 2.45) is 23.7 Å². The Morgan fingerprint density at radius 3 is 2.91 bits per heavy atom. The number of carbonyl (C=O) groups is 2. The van der Waals surface area contributed by atoms with E-state index in [4.69, 9.17) is 4.74 Å². The monoisotopic (exact) mass is 419 g/mol. The molecule has 0 aromatic carbocycles. The lowest BCUT2D eigenvalue weighted by Crippen LogP contribution is -2.80. The predicted octanol–water partition coefficient (Wildman–Crippen LogP) is 1.41. The van der Waals surface area contributed by atoms with Crippen molar-refractivity contribution in [3.05, 3.63) is 0 Å². The van der Waals surface area contributed by atoms with Crippen LogP contribution in [-0.4, -0.2) is 38.7 Å². The maximum atomic E-state index is 12.4. The number of esters is 1. The van der Waals surface area contributed by atoms with E-state index in [9.17, 15) is 14.7 Å². The molecule has 2 aliphatic carbocycles. The zero-order chi connectivity index (χ0) is 15.7. The third-order valence-corrected chi connectivity index (χ3v) is 7.22. The molecule has 1 amide bonds. The molecular formula is C16H22INO4. The maximum absolute atomic E-state index is 12.4. The Hall–Kier alpha value is -0.370. The third kappa shape index (κ3) is 1.68. The van der Waals surface area contributed by atoms with Gasteiger partial charge in [0.05, 0.1) is 12.0 Å². The van der Waals surface area contributed by atoms with Crippen LogP contribution in [0.5, 0.6) is 0 Å². The lowest BCUT2D eigenvalue weighted by atomic mass is 9.63. The number of rotatable bonds is 4. The molecule has 0 spiro atoms. The summed E-state index contributed by atoms with van der Waals surface area (Å²) >= 11 is 2.23. The number of aliphatic hydroxyl groups is 1. The van der Waals surface area contributed by atoms with E-state index < -0.39 is 23.2 Å². The molecule has 4 fully saturated rings. The number of hydrogen-bond acceptors (Lipinski definition) is 4. The fourth-order valence-electron chi connectivity index (χ4n) is 5.24. The van der Waals surface area contributed by atoms with Gasteiger partial charge in [0, 0.05) is 4.43 Å². The standard InChI is InChI=1S/C16H22INO4/c1-15-11(5-6-17)13(20)18-16(15,14(21)22-15)12(19)9-4-2-3-8-7-10(8)9/h8-12,19H,2-7H2,1H3,(H,18,20). The lowest BCUT2D eigenvalue weighted by molar-refractivity contribution is -0.240. The van der Waals surface area contributed by atoms with Gasteiger partial charge in [-0.05, 0) is 43.9 Å². The zero-order valence-corrected chi connectivity index (χ0v) is 14.8. The summed E-state index contributed by atoms with van der Waals surface area (Å²) in [5.41, 5.74) is -2.11. The van der Waals surface area contributed by atoms with Gasteiger partial charge in [-0.2, -0.15) is 0 Å². The molecular weight excluding hydrogens is 397 g/mol. The van der Waals surface area contributed by atoms with Gasteiger partial charge in [0.1, 0.15) is 0 Å². The van der Waals surface area contributed by atoms with Crippen LogP contribution >= 0.6 is 22.6 Å². The van der Waals surface area contributed by atoms with E-state index in [1.807, 2.05) is 6.92 Å². The van der Waals surface area contributed by atoms with Gasteiger partial charge in [-0.1, -0.05) is 35.4 Å². The van der Waals surface area contributed by atoms with Gasteiger partial charge in [0.2, 0.25) is 11.4 Å². The van der Waals surface area contributed by atoms with Crippen LogP contribution in [0.1, 0.15) is 39.0 Å². The Morgan fingerprint density at radius 2 is 2.23 bits per heavy atom. The molecule has 0 aromatic heterocycles. The summed E-state index contributed by atoms with van der Waals surface area (Å²) in [5.74, 6) is 0.410. The van der Waals surface area contributed by atoms with Crippen LogP contribution in [0.2, 0.25) is 0 Å². The normalized spacial score (nSPS) is 50.3. The first-order valence-corrected chi connectivity index (χ1v) is 9.77. The molecule has 0 aromatic rings. The van der Waals surface area contributed by atoms with Gasteiger partial charge in [0.25, 0.3) is 0 Å². The largest absolute Gasteiger partial charge is 0.453 e. The molecule has 7 atom stereocenters. The number of halogens is 1. The van der Waals surface area contributed by atoms with Crippen LogP contribution in [-0.2, 0) is 14.3 Å². The summed E-state index contributed by atoms with van der Waals surface area (Å²) in [6.07, 6.45) is 4.30. The highest BCUT2D eigenvalue weighted by Gasteiger charge is 2.80. The molecule has 0 bridgehead atoms. The van der Waals surface area contributed by atoms with Crippen molar-refractivity contribution >= 4 is 34.5 Å². The van der Waals surface area contributed by atoms with Gasteiger partial charge >= 0.3 is 5.97 Å². The van der Waals surface area contributed by atoms with Gasteiger partial charge < -0.3 is 15.2 Å². The molecule has 0 radical (unpaired) electrons. The molecule has 122 valence electrons. The molecule has 4 rings (SSSR count). The molecule has 6 heteroatoms. The minimum atomic E-state index is -1.21. The van der Waals surface area contributed by atoms with Gasteiger partial charge in [-0.15, -0.1) is 0 Å². The first-order valence-electron chi connectivity index (χ1n) is 8.25. The van der Waals surface area contributed by atoms with Crippen molar-refractivity contribution in [3.63, 3.8) is 0 Å². The van der Waals surface area contributed by atoms with Gasteiger partial charge in [-0.3, -0.25) is 4.79 Å². The Kier molecular flexibility index (Phi) is 3.32. The Labute approximate surface area is 143 Å². The van der Waals surface area contributed by atoms with Gasteiger partial charge in [-0.25, -0.2) is 4.79 Å². The van der Waals surface area contributed by atoms with E-state index in [1.54, 1.807) is 0 Å². The van der Waals surface area contributed by atoms with Crippen molar-refractivity contribution in [2.45, 2.75) is 56.3 Å². The summed E-state index contributed by atoms with van der Waals surface area (Å²) in [5, 5.41) is 13.9. The van der Waals surface area contributed by atoms with Crippen LogP contribution in [0.15, 0.2) is 0 Å². The minimum absolute atomic E-state index is 0.115. The number of aliphatic hydroxyl groups excluding tert-OH is 1. The van der Waals surface area contributed by atoms with E-state index in [2.05, 4.69) is 27.9 Å². The van der Waals surface area contributed by atoms with E-state index >= 15 is 0 Å². The number of ether oxygens (including phenoxy) is 1. The summed E-state index contributed by atoms with van der Waals surface area (Å²) < 4.78 is 6.29. The quantitative estimate of drug-likeness (QED) is 0.411. The summed E-state index contributed by atoms with van der Waals surface area (Å²) in [6.45, 7) is 1.82. The van der Waals surface area contributed by atoms with E-state index in [-0.39, 0.29) is 17.7 Å². The number of hydrogen-bond donors (Lipinski definition) is 2. The molecule has 2 heterocycles. The average molecular weight is 419 g/mol. The fraction of sp³-hybridized carbons (Fsp3) is 0.875. The van der Waals surface area contributed by atoms with E-state index in [1.165, 1.54) is 6.42 Å². The predicted molar refractivity (Wildman–Crippen MR) is 87.3 cm³/mol. The second-order valence-electron chi connectivity index (χ2n) is 7.52. The van der Waals surface area contributed by atoms with Crippen molar-refractivity contribution < 1.29 is 19.4 Å². The Bertz CT molecular complexity index is 540. The van der Waals surface area contributed by atoms with E-state index in [0.29, 0.717) is 12.3 Å². The van der Waals surface area contributed by atoms with Crippen LogP contribution in [0.3, 0.4) is 0 Å². The first kappa shape index (κ1) is 15.2. The molecule has 7 unspecified atom stereocenters. The molecule has 2 saturated heterocycles. The Morgan fingerprint density at radius 1 is 1.45 bits per heavy atom. The van der Waals surface area contributed by atoms with Crippen LogP contribution < -0.4 is 5.32 Å². The van der Waals surface area contributed by atoms with Crippen LogP contribution in [0, 0.1) is 23.7 Å². The highest BCUT2D eigenvalue weighted by atomic mass is 127. The van der Waals surface area contributed by atoms with Gasteiger partial charge in [0.15, 0.2) is 5.60 Å². The topological polar surface area (TPSA) is 75.6 Å². The zero-order valence-electron chi connectivity index (χ0n) is 12.7. The minimum Gasteiger partial charge on any atom is -0.453 e. The van der Waals surface area contributed by atoms with Crippen molar-refractivity contribution in [1.82, 2.24) is 5.32 Å². The summed E-state index contributed by atoms with van der Waals surface area (Å²) in [4.78, 5) is 24.7. The molecule has 5 nitrogen and oxygen atoms in total. The summed E-state index contributed by atoms with van der Waals surface area (Å²) in [6, 6.07) is 0. The van der Waals surface area contributed by atoms with Crippen molar-refractivity contribution in [1.29, 1.82) is 0 Å². The van der Waals surface area contributed by atoms with Crippen molar-refractivity contribution in [3.8, 4) is 0 Å². The molecule has 2 saturated carbocycles. The number of alkyl halides is 1. The van der Waals surface area contributed by atoms with Crippen LogP contribution in [0.25, 0.3) is 0 Å². The molecule has 2 aliphatic heterocycles. The summed E-state index contributed by atoms with van der Waals surface area (Å²) in [7, 11) is 0. The first-order chi connectivity index (χ1) is 10.5.